The third kappa shape index (κ3) is 3.59. The lowest BCUT2D eigenvalue weighted by atomic mass is 9.75. The molecule has 1 heterocycles. The van der Waals surface area contributed by atoms with Crippen LogP contribution in [0.4, 0.5) is 0 Å². The van der Waals surface area contributed by atoms with Gasteiger partial charge in [0.25, 0.3) is 0 Å². The molecule has 28 heavy (non-hydrogen) atoms. The van der Waals surface area contributed by atoms with E-state index in [1.807, 2.05) is 48.5 Å². The highest BCUT2D eigenvalue weighted by atomic mass is 16.5. The van der Waals surface area contributed by atoms with Gasteiger partial charge in [-0.05, 0) is 31.3 Å². The van der Waals surface area contributed by atoms with Crippen LogP contribution in [-0.4, -0.2) is 67.3 Å². The molecule has 1 N–H and O–H groups in total. The normalized spacial score (nSPS) is 21.1. The average Bonchev–Trinajstić information content (AvgIpc) is 2.68. The van der Waals surface area contributed by atoms with E-state index in [-0.39, 0.29) is 31.0 Å². The maximum Gasteiger partial charge on any atom is 0.238 e. The number of rotatable bonds is 6. The van der Waals surface area contributed by atoms with Crippen molar-refractivity contribution in [1.82, 2.24) is 9.80 Å². The van der Waals surface area contributed by atoms with E-state index < -0.39 is 6.04 Å². The zero-order valence-corrected chi connectivity index (χ0v) is 16.4. The second-order valence-corrected chi connectivity index (χ2v) is 7.21. The van der Waals surface area contributed by atoms with E-state index in [1.165, 1.54) is 4.90 Å². The highest BCUT2D eigenvalue weighted by Gasteiger charge is 2.51. The van der Waals surface area contributed by atoms with E-state index in [4.69, 9.17) is 4.74 Å². The molecule has 1 saturated heterocycles. The Morgan fingerprint density at radius 1 is 1.21 bits per heavy atom. The van der Waals surface area contributed by atoms with Gasteiger partial charge in [-0.2, -0.15) is 5.26 Å². The SMILES string of the molecule is COc1ccccc1-c1ccc([C@H]2[C@H](C#N)N(C(=O)CN(C)C)[C@H]2CO)cc1. The number of hydrogen-bond donors (Lipinski definition) is 1. The second-order valence-electron chi connectivity index (χ2n) is 7.21. The molecule has 0 bridgehead atoms. The van der Waals surface area contributed by atoms with Crippen LogP contribution in [0.2, 0.25) is 0 Å². The Hall–Kier alpha value is -2.88. The van der Waals surface area contributed by atoms with Crippen molar-refractivity contribution in [2.45, 2.75) is 18.0 Å². The summed E-state index contributed by atoms with van der Waals surface area (Å²) in [6.45, 7) is 0.0460. The smallest absolute Gasteiger partial charge is 0.238 e. The van der Waals surface area contributed by atoms with Crippen molar-refractivity contribution in [2.75, 3.05) is 34.4 Å². The lowest BCUT2D eigenvalue weighted by Crippen LogP contribution is -2.66. The number of amides is 1. The summed E-state index contributed by atoms with van der Waals surface area (Å²) >= 11 is 0. The lowest BCUT2D eigenvalue weighted by molar-refractivity contribution is -0.147. The summed E-state index contributed by atoms with van der Waals surface area (Å²) in [6, 6.07) is 17.0. The van der Waals surface area contributed by atoms with Gasteiger partial charge >= 0.3 is 0 Å². The zero-order chi connectivity index (χ0) is 20.3. The molecule has 0 radical (unpaired) electrons. The number of likely N-dealkylation sites (tertiary alicyclic amines) is 1. The van der Waals surface area contributed by atoms with Crippen molar-refractivity contribution in [3.63, 3.8) is 0 Å². The monoisotopic (exact) mass is 379 g/mol. The molecule has 0 aliphatic carbocycles. The largest absolute Gasteiger partial charge is 0.496 e. The van der Waals surface area contributed by atoms with Gasteiger partial charge in [-0.25, -0.2) is 0 Å². The Labute approximate surface area is 165 Å². The van der Waals surface area contributed by atoms with Gasteiger partial charge in [0.15, 0.2) is 0 Å². The van der Waals surface area contributed by atoms with E-state index >= 15 is 0 Å². The van der Waals surface area contributed by atoms with E-state index in [0.29, 0.717) is 0 Å². The summed E-state index contributed by atoms with van der Waals surface area (Å²) in [5, 5.41) is 19.5. The fraction of sp³-hybridized carbons (Fsp3) is 0.364. The summed E-state index contributed by atoms with van der Waals surface area (Å²) in [6.07, 6.45) is 0. The van der Waals surface area contributed by atoms with Crippen molar-refractivity contribution in [3.8, 4) is 22.9 Å². The summed E-state index contributed by atoms with van der Waals surface area (Å²) < 4.78 is 5.43. The minimum absolute atomic E-state index is 0.141. The first-order valence-electron chi connectivity index (χ1n) is 9.21. The second kappa shape index (κ2) is 8.42. The van der Waals surface area contributed by atoms with Crippen molar-refractivity contribution in [2.24, 2.45) is 0 Å². The van der Waals surface area contributed by atoms with E-state index in [0.717, 1.165) is 22.4 Å². The van der Waals surface area contributed by atoms with E-state index in [1.54, 1.807) is 26.1 Å². The number of aliphatic hydroxyl groups is 1. The first-order valence-corrected chi connectivity index (χ1v) is 9.21. The average molecular weight is 379 g/mol. The first kappa shape index (κ1) is 19.9. The van der Waals surface area contributed by atoms with Crippen molar-refractivity contribution >= 4 is 5.91 Å². The number of benzene rings is 2. The number of para-hydroxylation sites is 1. The molecule has 6 nitrogen and oxygen atoms in total. The number of ether oxygens (including phenoxy) is 1. The predicted octanol–water partition coefficient (Wildman–Crippen LogP) is 2.10. The quantitative estimate of drug-likeness (QED) is 0.832. The molecule has 2 aromatic rings. The molecule has 1 aliphatic heterocycles. The third-order valence-corrected chi connectivity index (χ3v) is 5.18. The van der Waals surface area contributed by atoms with Crippen LogP contribution in [0.5, 0.6) is 5.75 Å². The fourth-order valence-corrected chi connectivity index (χ4v) is 3.87. The molecule has 3 atom stereocenters. The maximum absolute atomic E-state index is 12.5. The Kier molecular flexibility index (Phi) is 5.98. The standard InChI is InChI=1S/C22H25N3O3/c1-24(2)13-21(27)25-18(12-23)22(19(25)14-26)16-10-8-15(9-11-16)17-6-4-5-7-20(17)28-3/h4-11,18-19,22,26H,13-14H2,1-3H3/t18-,19-,22-/m0/s1. The molecular formula is C22H25N3O3. The highest BCUT2D eigenvalue weighted by Crippen LogP contribution is 2.41. The van der Waals surface area contributed by atoms with Crippen LogP contribution in [-0.2, 0) is 4.79 Å². The molecule has 0 unspecified atom stereocenters. The zero-order valence-electron chi connectivity index (χ0n) is 16.4. The van der Waals surface area contributed by atoms with Crippen LogP contribution in [0.15, 0.2) is 48.5 Å². The topological polar surface area (TPSA) is 76.8 Å². The molecule has 1 aliphatic rings. The van der Waals surface area contributed by atoms with Gasteiger partial charge in [-0.1, -0.05) is 42.5 Å². The summed E-state index contributed by atoms with van der Waals surface area (Å²) in [5.74, 6) is 0.452. The fourth-order valence-electron chi connectivity index (χ4n) is 3.87. The van der Waals surface area contributed by atoms with Gasteiger partial charge in [-0.3, -0.25) is 4.79 Å². The lowest BCUT2D eigenvalue weighted by Gasteiger charge is -2.51. The van der Waals surface area contributed by atoms with Crippen LogP contribution < -0.4 is 4.74 Å². The Morgan fingerprint density at radius 2 is 1.89 bits per heavy atom. The number of nitriles is 1. The summed E-state index contributed by atoms with van der Waals surface area (Å²) in [5.41, 5.74) is 2.94. The molecule has 3 rings (SSSR count). The van der Waals surface area contributed by atoms with Crippen molar-refractivity contribution < 1.29 is 14.6 Å². The summed E-state index contributed by atoms with van der Waals surface area (Å²) in [7, 11) is 5.26. The molecule has 6 heteroatoms. The molecule has 146 valence electrons. The van der Waals surface area contributed by atoms with Crippen LogP contribution in [0.3, 0.4) is 0 Å². The van der Waals surface area contributed by atoms with Crippen LogP contribution in [0, 0.1) is 11.3 Å². The van der Waals surface area contributed by atoms with Gasteiger partial charge in [0.05, 0.1) is 32.4 Å². The molecular weight excluding hydrogens is 354 g/mol. The molecule has 1 amide bonds. The third-order valence-electron chi connectivity index (χ3n) is 5.18. The summed E-state index contributed by atoms with van der Waals surface area (Å²) in [4.78, 5) is 15.7. The van der Waals surface area contributed by atoms with Gasteiger partial charge in [0, 0.05) is 11.5 Å². The predicted molar refractivity (Wildman–Crippen MR) is 107 cm³/mol. The molecule has 1 fully saturated rings. The minimum atomic E-state index is -0.568. The number of nitrogens with zero attached hydrogens (tertiary/aromatic N) is 3. The molecule has 0 aromatic heterocycles. The van der Waals surface area contributed by atoms with Crippen LogP contribution in [0.1, 0.15) is 11.5 Å². The number of carbonyl (C=O) groups is 1. The van der Waals surface area contributed by atoms with Crippen LogP contribution in [0.25, 0.3) is 11.1 Å². The van der Waals surface area contributed by atoms with Gasteiger partial charge in [-0.15, -0.1) is 0 Å². The maximum atomic E-state index is 12.5. The Bertz CT molecular complexity index is 873. The highest BCUT2D eigenvalue weighted by molar-refractivity contribution is 5.81. The Balaban J connectivity index is 1.85. The minimum Gasteiger partial charge on any atom is -0.496 e. The van der Waals surface area contributed by atoms with Gasteiger partial charge in [0.1, 0.15) is 11.8 Å². The number of likely N-dealkylation sites (N-methyl/N-ethyl adjacent to an activating group) is 1. The molecule has 2 aromatic carbocycles. The number of aliphatic hydroxyl groups excluding tert-OH is 1. The van der Waals surface area contributed by atoms with Gasteiger partial charge in [0.2, 0.25) is 5.91 Å². The number of methoxy groups -OCH3 is 1. The van der Waals surface area contributed by atoms with Crippen molar-refractivity contribution in [1.29, 1.82) is 5.26 Å². The Morgan fingerprint density at radius 3 is 2.46 bits per heavy atom. The first-order chi connectivity index (χ1) is 13.5. The van der Waals surface area contributed by atoms with Crippen molar-refractivity contribution in [3.05, 3.63) is 54.1 Å². The van der Waals surface area contributed by atoms with E-state index in [9.17, 15) is 15.2 Å². The number of carbonyl (C=O) groups excluding carboxylic acids is 1. The number of hydrogen-bond acceptors (Lipinski definition) is 5. The molecule has 0 saturated carbocycles. The van der Waals surface area contributed by atoms with Gasteiger partial charge < -0.3 is 19.6 Å². The van der Waals surface area contributed by atoms with Crippen LogP contribution >= 0.6 is 0 Å². The van der Waals surface area contributed by atoms with E-state index in [2.05, 4.69) is 6.07 Å². The molecule has 0 spiro atoms.